The monoisotopic (exact) mass is 351 g/mol. The SMILES string of the molecule is COC(=O)c1cccc(C(=O)C=Cc2ccc(CC(=O)C(N)=O)cc2)c1. The molecule has 0 aliphatic carbocycles. The third-order valence-electron chi connectivity index (χ3n) is 3.61. The molecular weight excluding hydrogens is 334 g/mol. The van der Waals surface area contributed by atoms with Gasteiger partial charge in [0.15, 0.2) is 5.78 Å². The smallest absolute Gasteiger partial charge is 0.337 e. The molecule has 0 aliphatic heterocycles. The van der Waals surface area contributed by atoms with E-state index in [2.05, 4.69) is 4.74 Å². The highest BCUT2D eigenvalue weighted by Crippen LogP contribution is 2.11. The summed E-state index contributed by atoms with van der Waals surface area (Å²) in [6.45, 7) is 0. The normalized spacial score (nSPS) is 10.5. The Balaban J connectivity index is 2.07. The van der Waals surface area contributed by atoms with Crippen molar-refractivity contribution in [1.82, 2.24) is 0 Å². The molecule has 0 bridgehead atoms. The van der Waals surface area contributed by atoms with Crippen LogP contribution in [0.4, 0.5) is 0 Å². The van der Waals surface area contributed by atoms with E-state index >= 15 is 0 Å². The lowest BCUT2D eigenvalue weighted by Gasteiger charge is -2.01. The number of Topliss-reactive ketones (excluding diaryl/α,β-unsaturated/α-hetero) is 1. The maximum absolute atomic E-state index is 12.2. The average molecular weight is 351 g/mol. The second-order valence-electron chi connectivity index (χ2n) is 5.48. The van der Waals surface area contributed by atoms with Gasteiger partial charge in [-0.15, -0.1) is 0 Å². The van der Waals surface area contributed by atoms with Gasteiger partial charge in [0, 0.05) is 12.0 Å². The number of amides is 1. The number of ketones is 2. The minimum atomic E-state index is -0.964. The lowest BCUT2D eigenvalue weighted by atomic mass is 10.0. The summed E-state index contributed by atoms with van der Waals surface area (Å²) >= 11 is 0. The summed E-state index contributed by atoms with van der Waals surface area (Å²) in [5, 5.41) is 0. The van der Waals surface area contributed by atoms with Crippen LogP contribution in [0.1, 0.15) is 31.8 Å². The number of benzene rings is 2. The molecule has 0 aromatic heterocycles. The number of ether oxygens (including phenoxy) is 1. The molecule has 2 aromatic carbocycles. The predicted molar refractivity (Wildman–Crippen MR) is 95.5 cm³/mol. The van der Waals surface area contributed by atoms with Crippen molar-refractivity contribution in [3.8, 4) is 0 Å². The van der Waals surface area contributed by atoms with Crippen LogP contribution in [0.3, 0.4) is 0 Å². The number of allylic oxidation sites excluding steroid dienone is 1. The minimum absolute atomic E-state index is 0.0570. The Kier molecular flexibility index (Phi) is 6.16. The summed E-state index contributed by atoms with van der Waals surface area (Å²) in [6, 6.07) is 13.1. The number of hydrogen-bond donors (Lipinski definition) is 1. The fraction of sp³-hybridized carbons (Fsp3) is 0.100. The molecule has 2 N–H and O–H groups in total. The molecule has 1 amide bonds. The minimum Gasteiger partial charge on any atom is -0.465 e. The predicted octanol–water partition coefficient (Wildman–Crippen LogP) is 1.97. The molecule has 6 nitrogen and oxygen atoms in total. The Hall–Kier alpha value is -3.54. The Labute approximate surface area is 150 Å². The number of esters is 1. The molecule has 0 saturated heterocycles. The molecule has 0 unspecified atom stereocenters. The molecule has 6 heteroatoms. The fourth-order valence-electron chi connectivity index (χ4n) is 2.20. The fourth-order valence-corrected chi connectivity index (χ4v) is 2.20. The van der Waals surface area contributed by atoms with Gasteiger partial charge in [-0.05, 0) is 29.3 Å². The zero-order chi connectivity index (χ0) is 19.1. The molecule has 0 radical (unpaired) electrons. The van der Waals surface area contributed by atoms with E-state index in [0.717, 1.165) is 5.56 Å². The van der Waals surface area contributed by atoms with Gasteiger partial charge in [0.05, 0.1) is 12.7 Å². The van der Waals surface area contributed by atoms with Crippen LogP contribution >= 0.6 is 0 Å². The van der Waals surface area contributed by atoms with E-state index in [4.69, 9.17) is 5.73 Å². The highest BCUT2D eigenvalue weighted by atomic mass is 16.5. The molecule has 0 aliphatic rings. The number of primary amides is 1. The molecule has 0 fully saturated rings. The molecule has 132 valence electrons. The number of carbonyl (C=O) groups excluding carboxylic acids is 4. The van der Waals surface area contributed by atoms with Gasteiger partial charge in [0.1, 0.15) is 0 Å². The van der Waals surface area contributed by atoms with Crippen molar-refractivity contribution in [2.24, 2.45) is 5.73 Å². The molecule has 26 heavy (non-hydrogen) atoms. The first-order valence-electron chi connectivity index (χ1n) is 7.73. The number of rotatable bonds is 7. The average Bonchev–Trinajstić information content (AvgIpc) is 2.66. The second-order valence-corrected chi connectivity index (χ2v) is 5.48. The summed E-state index contributed by atoms with van der Waals surface area (Å²) in [6.07, 6.45) is 2.95. The molecule has 2 aromatic rings. The molecule has 0 heterocycles. The van der Waals surface area contributed by atoms with E-state index in [1.165, 1.54) is 19.3 Å². The third kappa shape index (κ3) is 4.98. The van der Waals surface area contributed by atoms with Crippen molar-refractivity contribution in [1.29, 1.82) is 0 Å². The van der Waals surface area contributed by atoms with E-state index in [-0.39, 0.29) is 12.2 Å². The molecule has 0 saturated carbocycles. The van der Waals surface area contributed by atoms with Gasteiger partial charge < -0.3 is 10.5 Å². The van der Waals surface area contributed by atoms with Gasteiger partial charge in [-0.3, -0.25) is 14.4 Å². The zero-order valence-corrected chi connectivity index (χ0v) is 14.1. The van der Waals surface area contributed by atoms with Crippen molar-refractivity contribution < 1.29 is 23.9 Å². The first-order chi connectivity index (χ1) is 12.4. The van der Waals surface area contributed by atoms with Crippen LogP contribution in [0, 0.1) is 0 Å². The lowest BCUT2D eigenvalue weighted by molar-refractivity contribution is -0.135. The Morgan fingerprint density at radius 3 is 2.27 bits per heavy atom. The molecule has 2 rings (SSSR count). The Morgan fingerprint density at radius 1 is 1.00 bits per heavy atom. The topological polar surface area (TPSA) is 104 Å². The van der Waals surface area contributed by atoms with Crippen molar-refractivity contribution >= 4 is 29.5 Å². The highest BCUT2D eigenvalue weighted by Gasteiger charge is 2.10. The van der Waals surface area contributed by atoms with E-state index in [1.807, 2.05) is 0 Å². The number of nitrogens with two attached hydrogens (primary N) is 1. The Bertz CT molecular complexity index is 881. The van der Waals surface area contributed by atoms with Crippen molar-refractivity contribution in [2.45, 2.75) is 6.42 Å². The standard InChI is InChI=1S/C20H17NO5/c1-26-20(25)16-4-2-3-15(12-16)17(22)10-9-13-5-7-14(8-6-13)11-18(23)19(21)24/h2-10,12H,11H2,1H3,(H2,21,24). The largest absolute Gasteiger partial charge is 0.465 e. The van der Waals surface area contributed by atoms with Crippen LogP contribution in [0.2, 0.25) is 0 Å². The number of carbonyl (C=O) groups is 4. The van der Waals surface area contributed by atoms with E-state index in [1.54, 1.807) is 48.5 Å². The van der Waals surface area contributed by atoms with Crippen molar-refractivity contribution in [3.63, 3.8) is 0 Å². The van der Waals surface area contributed by atoms with Gasteiger partial charge in [-0.25, -0.2) is 4.79 Å². The molecular formula is C20H17NO5. The van der Waals surface area contributed by atoms with Crippen LogP contribution < -0.4 is 5.73 Å². The zero-order valence-electron chi connectivity index (χ0n) is 14.1. The molecule has 0 atom stereocenters. The first-order valence-corrected chi connectivity index (χ1v) is 7.73. The van der Waals surface area contributed by atoms with Gasteiger partial charge in [0.25, 0.3) is 5.91 Å². The second kappa shape index (κ2) is 8.53. The van der Waals surface area contributed by atoms with Gasteiger partial charge in [-0.2, -0.15) is 0 Å². The molecule has 0 spiro atoms. The highest BCUT2D eigenvalue weighted by molar-refractivity contribution is 6.36. The summed E-state index contributed by atoms with van der Waals surface area (Å²) in [5.41, 5.74) is 7.00. The number of hydrogen-bond acceptors (Lipinski definition) is 5. The number of methoxy groups -OCH3 is 1. The van der Waals surface area contributed by atoms with Crippen LogP contribution in [-0.4, -0.2) is 30.6 Å². The van der Waals surface area contributed by atoms with Crippen LogP contribution in [0.5, 0.6) is 0 Å². The first kappa shape index (κ1) is 18.8. The van der Waals surface area contributed by atoms with Crippen LogP contribution in [0.25, 0.3) is 6.08 Å². The third-order valence-corrected chi connectivity index (χ3v) is 3.61. The van der Waals surface area contributed by atoms with E-state index < -0.39 is 17.7 Å². The van der Waals surface area contributed by atoms with Crippen LogP contribution in [0.15, 0.2) is 54.6 Å². The maximum atomic E-state index is 12.2. The van der Waals surface area contributed by atoms with Gasteiger partial charge >= 0.3 is 5.97 Å². The Morgan fingerprint density at radius 2 is 1.65 bits per heavy atom. The van der Waals surface area contributed by atoms with E-state index in [0.29, 0.717) is 16.7 Å². The van der Waals surface area contributed by atoms with E-state index in [9.17, 15) is 19.2 Å². The summed E-state index contributed by atoms with van der Waals surface area (Å²) < 4.78 is 4.63. The van der Waals surface area contributed by atoms with Gasteiger partial charge in [0.2, 0.25) is 5.78 Å². The van der Waals surface area contributed by atoms with Gasteiger partial charge in [-0.1, -0.05) is 42.5 Å². The van der Waals surface area contributed by atoms with Crippen molar-refractivity contribution in [3.05, 3.63) is 76.9 Å². The lowest BCUT2D eigenvalue weighted by Crippen LogP contribution is -2.24. The van der Waals surface area contributed by atoms with Crippen LogP contribution in [-0.2, 0) is 20.7 Å². The maximum Gasteiger partial charge on any atom is 0.337 e. The quantitative estimate of drug-likeness (QED) is 0.355. The summed E-state index contributed by atoms with van der Waals surface area (Å²) in [4.78, 5) is 45.8. The summed E-state index contributed by atoms with van der Waals surface area (Å²) in [5.74, 6) is -2.39. The van der Waals surface area contributed by atoms with Crippen molar-refractivity contribution in [2.75, 3.05) is 7.11 Å². The summed E-state index contributed by atoms with van der Waals surface area (Å²) in [7, 11) is 1.28.